The van der Waals surface area contributed by atoms with E-state index in [1.54, 1.807) is 4.90 Å². The van der Waals surface area contributed by atoms with Crippen molar-refractivity contribution in [2.24, 2.45) is 0 Å². The van der Waals surface area contributed by atoms with Crippen LogP contribution in [-0.4, -0.2) is 35.2 Å². The van der Waals surface area contributed by atoms with Crippen LogP contribution in [0.1, 0.15) is 46.3 Å². The van der Waals surface area contributed by atoms with Gasteiger partial charge in [0.1, 0.15) is 6.04 Å². The third kappa shape index (κ3) is 3.10. The van der Waals surface area contributed by atoms with Crippen molar-refractivity contribution in [3.05, 3.63) is 58.7 Å². The number of nitrogen functional groups attached to an aromatic ring is 1. The van der Waals surface area contributed by atoms with E-state index in [0.29, 0.717) is 25.1 Å². The topological polar surface area (TPSA) is 95.7 Å². The molecule has 30 heavy (non-hydrogen) atoms. The number of piperidine rings is 1. The molecule has 7 heteroatoms. The molecule has 3 amide bonds. The Morgan fingerprint density at radius 1 is 1.10 bits per heavy atom. The fraction of sp³-hybridized carbons (Fsp3) is 0.348. The molecule has 3 heterocycles. The molecule has 7 nitrogen and oxygen atoms in total. The van der Waals surface area contributed by atoms with Gasteiger partial charge in [0.25, 0.3) is 5.91 Å². The van der Waals surface area contributed by atoms with Crippen molar-refractivity contribution in [1.82, 2.24) is 10.2 Å². The zero-order valence-electron chi connectivity index (χ0n) is 16.7. The van der Waals surface area contributed by atoms with E-state index < -0.39 is 6.04 Å². The summed E-state index contributed by atoms with van der Waals surface area (Å²) in [4.78, 5) is 40.8. The second-order valence-corrected chi connectivity index (χ2v) is 8.26. The second-order valence-electron chi connectivity index (χ2n) is 8.26. The van der Waals surface area contributed by atoms with Crippen molar-refractivity contribution in [2.45, 2.75) is 44.8 Å². The number of carbonyl (C=O) groups excluding carboxylic acids is 3. The minimum atomic E-state index is -0.589. The van der Waals surface area contributed by atoms with E-state index in [4.69, 9.17) is 5.73 Å². The number of nitrogens with zero attached hydrogens (tertiary/aromatic N) is 2. The van der Waals surface area contributed by atoms with Gasteiger partial charge < -0.3 is 15.5 Å². The zero-order chi connectivity index (χ0) is 20.8. The Balaban J connectivity index is 1.42. The van der Waals surface area contributed by atoms with E-state index in [2.05, 4.69) is 22.3 Å². The van der Waals surface area contributed by atoms with Crippen LogP contribution < -0.4 is 16.0 Å². The van der Waals surface area contributed by atoms with Gasteiger partial charge in [-0.3, -0.25) is 19.7 Å². The molecule has 5 rings (SSSR count). The Bertz CT molecular complexity index is 1060. The minimum absolute atomic E-state index is 0.131. The Morgan fingerprint density at radius 2 is 1.97 bits per heavy atom. The number of fused-ring (bicyclic) bond motifs is 2. The smallest absolute Gasteiger partial charge is 0.255 e. The lowest BCUT2D eigenvalue weighted by Gasteiger charge is -2.32. The maximum atomic E-state index is 13.0. The Morgan fingerprint density at radius 3 is 2.80 bits per heavy atom. The highest BCUT2D eigenvalue weighted by Gasteiger charge is 2.39. The van der Waals surface area contributed by atoms with Crippen molar-refractivity contribution < 1.29 is 14.4 Å². The van der Waals surface area contributed by atoms with Gasteiger partial charge >= 0.3 is 0 Å². The van der Waals surface area contributed by atoms with E-state index in [1.807, 2.05) is 24.3 Å². The fourth-order valence-electron chi connectivity index (χ4n) is 4.86. The molecule has 3 aliphatic heterocycles. The lowest BCUT2D eigenvalue weighted by molar-refractivity contribution is -0.136. The van der Waals surface area contributed by atoms with E-state index in [1.165, 1.54) is 11.3 Å². The van der Waals surface area contributed by atoms with Gasteiger partial charge in [-0.15, -0.1) is 0 Å². The highest BCUT2D eigenvalue weighted by molar-refractivity contribution is 6.05. The molecule has 1 saturated heterocycles. The summed E-state index contributed by atoms with van der Waals surface area (Å²) in [5.74, 6) is -0.782. The van der Waals surface area contributed by atoms with E-state index in [9.17, 15) is 14.4 Å². The van der Waals surface area contributed by atoms with Gasteiger partial charge in [-0.25, -0.2) is 0 Å². The highest BCUT2D eigenvalue weighted by atomic mass is 16.2. The third-order valence-corrected chi connectivity index (χ3v) is 6.36. The summed E-state index contributed by atoms with van der Waals surface area (Å²) >= 11 is 0. The molecule has 0 spiro atoms. The van der Waals surface area contributed by atoms with Crippen molar-refractivity contribution in [1.29, 1.82) is 0 Å². The number of nitrogens with one attached hydrogen (secondary N) is 1. The number of amides is 3. The number of hydrogen-bond donors (Lipinski definition) is 2. The molecule has 3 N–H and O–H groups in total. The van der Waals surface area contributed by atoms with Gasteiger partial charge in [0.15, 0.2) is 0 Å². The molecule has 0 saturated carbocycles. The molecule has 2 aromatic rings. The fourth-order valence-corrected chi connectivity index (χ4v) is 4.86. The van der Waals surface area contributed by atoms with Crippen molar-refractivity contribution >= 4 is 29.1 Å². The van der Waals surface area contributed by atoms with Gasteiger partial charge in [-0.05, 0) is 60.2 Å². The predicted molar refractivity (Wildman–Crippen MR) is 113 cm³/mol. The average Bonchev–Trinajstić information content (AvgIpc) is 3.05. The first kappa shape index (κ1) is 18.7. The van der Waals surface area contributed by atoms with Crippen molar-refractivity contribution in [3.63, 3.8) is 0 Å². The second kappa shape index (κ2) is 7.16. The molecule has 0 aromatic heterocycles. The highest BCUT2D eigenvalue weighted by Crippen LogP contribution is 2.34. The van der Waals surface area contributed by atoms with Crippen LogP contribution in [0.5, 0.6) is 0 Å². The van der Waals surface area contributed by atoms with E-state index in [-0.39, 0.29) is 24.1 Å². The summed E-state index contributed by atoms with van der Waals surface area (Å²) < 4.78 is 0. The Labute approximate surface area is 174 Å². The van der Waals surface area contributed by atoms with Crippen LogP contribution in [0.25, 0.3) is 0 Å². The summed E-state index contributed by atoms with van der Waals surface area (Å²) in [5.41, 5.74) is 11.9. The van der Waals surface area contributed by atoms with Crippen LogP contribution >= 0.6 is 0 Å². The van der Waals surface area contributed by atoms with Gasteiger partial charge in [0.2, 0.25) is 11.8 Å². The average molecular weight is 404 g/mol. The largest absolute Gasteiger partial charge is 0.399 e. The van der Waals surface area contributed by atoms with Crippen molar-refractivity contribution in [3.8, 4) is 0 Å². The first-order chi connectivity index (χ1) is 14.5. The van der Waals surface area contributed by atoms with Crippen LogP contribution in [-0.2, 0) is 29.1 Å². The number of anilines is 2. The summed E-state index contributed by atoms with van der Waals surface area (Å²) in [6.07, 6.45) is 2.72. The summed E-state index contributed by atoms with van der Waals surface area (Å²) in [7, 11) is 0. The summed E-state index contributed by atoms with van der Waals surface area (Å²) in [6.45, 7) is 2.06. The summed E-state index contributed by atoms with van der Waals surface area (Å²) in [6, 6.07) is 11.3. The molecule has 1 unspecified atom stereocenters. The molecular weight excluding hydrogens is 380 g/mol. The number of rotatable bonds is 3. The third-order valence-electron chi connectivity index (χ3n) is 6.36. The van der Waals surface area contributed by atoms with Gasteiger partial charge in [-0.2, -0.15) is 0 Å². The molecule has 1 fully saturated rings. The molecule has 1 atom stereocenters. The molecule has 0 aliphatic carbocycles. The maximum absolute atomic E-state index is 13.0. The molecule has 0 radical (unpaired) electrons. The number of imide groups is 1. The quantitative estimate of drug-likeness (QED) is 0.603. The molecule has 0 bridgehead atoms. The van der Waals surface area contributed by atoms with Gasteiger partial charge in [-0.1, -0.05) is 12.1 Å². The first-order valence-corrected chi connectivity index (χ1v) is 10.4. The van der Waals surface area contributed by atoms with Crippen LogP contribution in [0, 0.1) is 0 Å². The maximum Gasteiger partial charge on any atom is 0.255 e. The molecule has 2 aromatic carbocycles. The lowest BCUT2D eigenvalue weighted by atomic mass is 9.98. The summed E-state index contributed by atoms with van der Waals surface area (Å²) in [5, 5.41) is 2.36. The predicted octanol–water partition coefficient (Wildman–Crippen LogP) is 1.98. The van der Waals surface area contributed by atoms with Crippen LogP contribution in [0.15, 0.2) is 36.4 Å². The SMILES string of the molecule is Nc1ccc2c(c1)CCCN2Cc1cccc2c1CN(C1CCC(=O)NC1=O)C2=O. The Hall–Kier alpha value is -3.35. The number of carbonyl (C=O) groups is 3. The number of hydrogen-bond acceptors (Lipinski definition) is 5. The van der Waals surface area contributed by atoms with Gasteiger partial charge in [0, 0.05) is 43.0 Å². The Kier molecular flexibility index (Phi) is 4.46. The molecule has 3 aliphatic rings. The zero-order valence-corrected chi connectivity index (χ0v) is 16.7. The molecular formula is C23H24N4O3. The van der Waals surface area contributed by atoms with E-state index >= 15 is 0 Å². The number of benzene rings is 2. The van der Waals surface area contributed by atoms with Crippen molar-refractivity contribution in [2.75, 3.05) is 17.2 Å². The number of aryl methyl sites for hydroxylation is 1. The van der Waals surface area contributed by atoms with Crippen LogP contribution in [0.3, 0.4) is 0 Å². The first-order valence-electron chi connectivity index (χ1n) is 10.4. The number of nitrogens with two attached hydrogens (primary N) is 1. The van der Waals surface area contributed by atoms with E-state index in [0.717, 1.165) is 36.2 Å². The molecule has 154 valence electrons. The lowest BCUT2D eigenvalue weighted by Crippen LogP contribution is -2.52. The van der Waals surface area contributed by atoms with Crippen LogP contribution in [0.2, 0.25) is 0 Å². The minimum Gasteiger partial charge on any atom is -0.399 e. The van der Waals surface area contributed by atoms with Crippen LogP contribution in [0.4, 0.5) is 11.4 Å². The monoisotopic (exact) mass is 404 g/mol. The van der Waals surface area contributed by atoms with Gasteiger partial charge in [0.05, 0.1) is 0 Å². The normalized spacial score (nSPS) is 20.8. The standard InChI is InChI=1S/C23H24N4O3/c24-16-6-7-19-14(11-16)4-2-10-26(19)12-15-3-1-5-17-18(15)13-27(23(17)30)20-8-9-21(28)25-22(20)29/h1,3,5-7,11,20H,2,4,8-10,12-13,24H2,(H,25,28,29).